The lowest BCUT2D eigenvalue weighted by Crippen LogP contribution is -2.33. The second-order valence-electron chi connectivity index (χ2n) is 7.35. The van der Waals surface area contributed by atoms with Gasteiger partial charge in [-0.15, -0.1) is 0 Å². The molecule has 0 bridgehead atoms. The number of carbonyl (C=O) groups excluding carboxylic acids is 1. The number of ether oxygens (including phenoxy) is 3. The summed E-state index contributed by atoms with van der Waals surface area (Å²) in [6.07, 6.45) is 5.70. The van der Waals surface area contributed by atoms with E-state index in [0.717, 1.165) is 17.9 Å². The van der Waals surface area contributed by atoms with Gasteiger partial charge in [0.05, 0.1) is 12.2 Å². The van der Waals surface area contributed by atoms with Crippen molar-refractivity contribution >= 4 is 11.9 Å². The van der Waals surface area contributed by atoms with E-state index in [1.807, 2.05) is 31.2 Å². The molecule has 1 fully saturated rings. The molecular formula is C24H27NO4. The molecule has 5 heteroatoms. The SMILES string of the molecule is CCOc1ccc2c(c1)O/C(=C\c1ccc(OCCN3CCCCC3)cc1)C2=O. The molecule has 0 radical (unpaired) electrons. The number of hydrogen-bond donors (Lipinski definition) is 0. The molecule has 0 aliphatic carbocycles. The summed E-state index contributed by atoms with van der Waals surface area (Å²) in [4.78, 5) is 15.0. The lowest BCUT2D eigenvalue weighted by Gasteiger charge is -2.26. The fourth-order valence-corrected chi connectivity index (χ4v) is 3.71. The molecule has 0 spiro atoms. The Kier molecular flexibility index (Phi) is 6.15. The van der Waals surface area contributed by atoms with E-state index in [1.165, 1.54) is 32.4 Å². The zero-order valence-electron chi connectivity index (χ0n) is 16.9. The normalized spacial score (nSPS) is 17.8. The van der Waals surface area contributed by atoms with Gasteiger partial charge in [-0.25, -0.2) is 0 Å². The van der Waals surface area contributed by atoms with Gasteiger partial charge >= 0.3 is 0 Å². The van der Waals surface area contributed by atoms with Crippen molar-refractivity contribution in [3.63, 3.8) is 0 Å². The van der Waals surface area contributed by atoms with Crippen LogP contribution in [0.15, 0.2) is 48.2 Å². The third-order valence-corrected chi connectivity index (χ3v) is 5.26. The Hall–Kier alpha value is -2.79. The molecule has 1 saturated heterocycles. The molecule has 0 saturated carbocycles. The van der Waals surface area contributed by atoms with E-state index in [2.05, 4.69) is 4.90 Å². The Bertz CT molecular complexity index is 882. The average molecular weight is 393 g/mol. The number of rotatable bonds is 7. The number of fused-ring (bicyclic) bond motifs is 1. The summed E-state index contributed by atoms with van der Waals surface area (Å²) in [6.45, 7) is 6.51. The molecule has 29 heavy (non-hydrogen) atoms. The maximum atomic E-state index is 12.6. The molecule has 0 amide bonds. The van der Waals surface area contributed by atoms with E-state index in [1.54, 1.807) is 24.3 Å². The van der Waals surface area contributed by atoms with E-state index in [9.17, 15) is 4.79 Å². The number of carbonyl (C=O) groups is 1. The average Bonchev–Trinajstić information content (AvgIpc) is 3.05. The Morgan fingerprint density at radius 2 is 1.76 bits per heavy atom. The van der Waals surface area contributed by atoms with Gasteiger partial charge in [0.25, 0.3) is 0 Å². The second kappa shape index (κ2) is 9.14. The van der Waals surface area contributed by atoms with Crippen LogP contribution in [0.2, 0.25) is 0 Å². The zero-order chi connectivity index (χ0) is 20.1. The molecule has 0 atom stereocenters. The van der Waals surface area contributed by atoms with Gasteiger partial charge < -0.3 is 14.2 Å². The van der Waals surface area contributed by atoms with Gasteiger partial charge in [0.1, 0.15) is 23.9 Å². The highest BCUT2D eigenvalue weighted by Gasteiger charge is 2.27. The first kappa shape index (κ1) is 19.5. The summed E-state index contributed by atoms with van der Waals surface area (Å²) in [5.41, 5.74) is 1.46. The first-order valence-corrected chi connectivity index (χ1v) is 10.4. The Morgan fingerprint density at radius 1 is 1.00 bits per heavy atom. The van der Waals surface area contributed by atoms with Gasteiger partial charge in [-0.3, -0.25) is 9.69 Å². The Morgan fingerprint density at radius 3 is 2.52 bits per heavy atom. The quantitative estimate of drug-likeness (QED) is 0.645. The molecule has 2 heterocycles. The van der Waals surface area contributed by atoms with Gasteiger partial charge in [0.15, 0.2) is 5.76 Å². The standard InChI is InChI=1S/C24H27NO4/c1-2-27-20-10-11-21-22(17-20)29-23(24(21)26)16-18-6-8-19(9-7-18)28-15-14-25-12-4-3-5-13-25/h6-11,16-17H,2-5,12-15H2,1H3/b23-16-. The number of allylic oxidation sites excluding steroid dienone is 1. The fourth-order valence-electron chi connectivity index (χ4n) is 3.71. The van der Waals surface area contributed by atoms with Crippen LogP contribution >= 0.6 is 0 Å². The minimum atomic E-state index is -0.107. The summed E-state index contributed by atoms with van der Waals surface area (Å²) < 4.78 is 17.1. The van der Waals surface area contributed by atoms with Gasteiger partial charge in [-0.1, -0.05) is 18.6 Å². The number of benzene rings is 2. The molecular weight excluding hydrogens is 366 g/mol. The third-order valence-electron chi connectivity index (χ3n) is 5.26. The molecule has 5 nitrogen and oxygen atoms in total. The lowest BCUT2D eigenvalue weighted by atomic mass is 10.1. The van der Waals surface area contributed by atoms with Crippen LogP contribution in [0.4, 0.5) is 0 Å². The second-order valence-corrected chi connectivity index (χ2v) is 7.35. The van der Waals surface area contributed by atoms with Crippen molar-refractivity contribution in [1.82, 2.24) is 4.90 Å². The van der Waals surface area contributed by atoms with Crippen molar-refractivity contribution in [3.8, 4) is 17.2 Å². The zero-order valence-corrected chi connectivity index (χ0v) is 16.9. The molecule has 4 rings (SSSR count). The van der Waals surface area contributed by atoms with Gasteiger partial charge in [0.2, 0.25) is 5.78 Å². The van der Waals surface area contributed by atoms with Crippen LogP contribution < -0.4 is 14.2 Å². The summed E-state index contributed by atoms with van der Waals surface area (Å²) in [5, 5.41) is 0. The van der Waals surface area contributed by atoms with Crippen LogP contribution in [0.5, 0.6) is 17.2 Å². The van der Waals surface area contributed by atoms with Crippen molar-refractivity contribution in [1.29, 1.82) is 0 Å². The minimum Gasteiger partial charge on any atom is -0.494 e. The molecule has 0 N–H and O–H groups in total. The van der Waals surface area contributed by atoms with Crippen LogP contribution in [0.3, 0.4) is 0 Å². The lowest BCUT2D eigenvalue weighted by molar-refractivity contribution is 0.101. The third kappa shape index (κ3) is 4.80. The first-order valence-electron chi connectivity index (χ1n) is 10.4. The molecule has 2 aromatic rings. The van der Waals surface area contributed by atoms with Crippen molar-refractivity contribution in [2.45, 2.75) is 26.2 Å². The van der Waals surface area contributed by atoms with Gasteiger partial charge in [-0.2, -0.15) is 0 Å². The summed E-state index contributed by atoms with van der Waals surface area (Å²) in [5.74, 6) is 2.31. The number of hydrogen-bond acceptors (Lipinski definition) is 5. The molecule has 2 aliphatic heterocycles. The van der Waals surface area contributed by atoms with E-state index >= 15 is 0 Å². The molecule has 0 unspecified atom stereocenters. The summed E-state index contributed by atoms with van der Waals surface area (Å²) in [7, 11) is 0. The summed E-state index contributed by atoms with van der Waals surface area (Å²) in [6, 6.07) is 13.1. The maximum Gasteiger partial charge on any atom is 0.231 e. The largest absolute Gasteiger partial charge is 0.494 e. The molecule has 2 aromatic carbocycles. The number of likely N-dealkylation sites (tertiary alicyclic amines) is 1. The fraction of sp³-hybridized carbons (Fsp3) is 0.375. The predicted molar refractivity (Wildman–Crippen MR) is 113 cm³/mol. The number of nitrogens with zero attached hydrogens (tertiary/aromatic N) is 1. The number of ketones is 1. The predicted octanol–water partition coefficient (Wildman–Crippen LogP) is 4.57. The van der Waals surface area contributed by atoms with E-state index in [0.29, 0.717) is 36.0 Å². The van der Waals surface area contributed by atoms with Crippen LogP contribution in [0.25, 0.3) is 6.08 Å². The van der Waals surface area contributed by atoms with Crippen LogP contribution in [0.1, 0.15) is 42.1 Å². The maximum absolute atomic E-state index is 12.6. The Balaban J connectivity index is 1.35. The van der Waals surface area contributed by atoms with Crippen molar-refractivity contribution in [3.05, 3.63) is 59.4 Å². The molecule has 2 aliphatic rings. The van der Waals surface area contributed by atoms with Crippen LogP contribution in [-0.4, -0.2) is 43.5 Å². The van der Waals surface area contributed by atoms with Crippen LogP contribution in [-0.2, 0) is 0 Å². The van der Waals surface area contributed by atoms with Gasteiger partial charge in [0, 0.05) is 12.6 Å². The molecule has 152 valence electrons. The molecule has 0 aromatic heterocycles. The van der Waals surface area contributed by atoms with E-state index < -0.39 is 0 Å². The van der Waals surface area contributed by atoms with Crippen LogP contribution in [0, 0.1) is 0 Å². The van der Waals surface area contributed by atoms with E-state index in [4.69, 9.17) is 14.2 Å². The topological polar surface area (TPSA) is 48.0 Å². The monoisotopic (exact) mass is 393 g/mol. The number of piperidine rings is 1. The minimum absolute atomic E-state index is 0.107. The van der Waals surface area contributed by atoms with Crippen molar-refractivity contribution in [2.24, 2.45) is 0 Å². The highest BCUT2D eigenvalue weighted by atomic mass is 16.5. The highest BCUT2D eigenvalue weighted by molar-refractivity contribution is 6.14. The van der Waals surface area contributed by atoms with Gasteiger partial charge in [-0.05, 0) is 68.8 Å². The Labute approximate surface area is 171 Å². The number of Topliss-reactive ketones (excluding diaryl/α,β-unsaturated/α-hetero) is 1. The van der Waals surface area contributed by atoms with Crippen molar-refractivity contribution < 1.29 is 19.0 Å². The first-order chi connectivity index (χ1) is 14.2. The summed E-state index contributed by atoms with van der Waals surface area (Å²) >= 11 is 0. The highest BCUT2D eigenvalue weighted by Crippen LogP contribution is 2.35. The smallest absolute Gasteiger partial charge is 0.231 e. The van der Waals surface area contributed by atoms with E-state index in [-0.39, 0.29) is 5.78 Å². The van der Waals surface area contributed by atoms with Crippen molar-refractivity contribution in [2.75, 3.05) is 32.8 Å².